The number of rotatable bonds is 3. The molecule has 25 heavy (non-hydrogen) atoms. The van der Waals surface area contributed by atoms with Gasteiger partial charge in [-0.1, -0.05) is 41.6 Å². The van der Waals surface area contributed by atoms with Crippen molar-refractivity contribution in [3.63, 3.8) is 0 Å². The summed E-state index contributed by atoms with van der Waals surface area (Å²) in [5.41, 5.74) is 1.38. The molecule has 0 saturated carbocycles. The minimum atomic E-state index is -0.526. The van der Waals surface area contributed by atoms with Crippen LogP contribution >= 0.6 is 23.4 Å². The maximum atomic E-state index is 12.5. The van der Waals surface area contributed by atoms with Crippen LogP contribution in [0.15, 0.2) is 59.6 Å². The van der Waals surface area contributed by atoms with Crippen LogP contribution in [0, 0.1) is 0 Å². The summed E-state index contributed by atoms with van der Waals surface area (Å²) in [6.07, 6.45) is 0.133. The number of para-hydroxylation sites is 1. The first-order chi connectivity index (χ1) is 12.0. The van der Waals surface area contributed by atoms with E-state index in [1.54, 1.807) is 31.3 Å². The van der Waals surface area contributed by atoms with Gasteiger partial charge in [0.2, 0.25) is 11.8 Å². The third kappa shape index (κ3) is 4.41. The van der Waals surface area contributed by atoms with E-state index in [-0.39, 0.29) is 18.2 Å². The molecule has 5 nitrogen and oxygen atoms in total. The van der Waals surface area contributed by atoms with E-state index in [1.165, 1.54) is 16.7 Å². The quantitative estimate of drug-likeness (QED) is 0.886. The Labute approximate surface area is 155 Å². The maximum Gasteiger partial charge on any atom is 0.238 e. The highest BCUT2D eigenvalue weighted by Crippen LogP contribution is 2.29. The molecule has 1 aliphatic heterocycles. The Morgan fingerprint density at radius 2 is 1.88 bits per heavy atom. The van der Waals surface area contributed by atoms with Crippen LogP contribution < -0.4 is 5.32 Å². The molecule has 0 spiro atoms. The number of benzene rings is 2. The fourth-order valence-electron chi connectivity index (χ4n) is 2.27. The molecule has 3 rings (SSSR count). The first-order valence-electron chi connectivity index (χ1n) is 7.66. The van der Waals surface area contributed by atoms with E-state index in [4.69, 9.17) is 11.6 Å². The zero-order valence-electron chi connectivity index (χ0n) is 13.5. The van der Waals surface area contributed by atoms with Gasteiger partial charge in [-0.3, -0.25) is 14.5 Å². The monoisotopic (exact) mass is 373 g/mol. The Hall–Kier alpha value is -2.31. The zero-order valence-corrected chi connectivity index (χ0v) is 15.1. The normalized spacial score (nSPS) is 19.1. The van der Waals surface area contributed by atoms with Crippen molar-refractivity contribution in [2.24, 2.45) is 4.99 Å². The van der Waals surface area contributed by atoms with E-state index >= 15 is 0 Å². The number of hydrogen-bond donors (Lipinski definition) is 1. The average Bonchev–Trinajstić information content (AvgIpc) is 2.61. The van der Waals surface area contributed by atoms with Gasteiger partial charge < -0.3 is 5.32 Å². The Morgan fingerprint density at radius 3 is 2.56 bits per heavy atom. The summed E-state index contributed by atoms with van der Waals surface area (Å²) in [5, 5.41) is 3.40. The second-order valence-electron chi connectivity index (χ2n) is 5.49. The van der Waals surface area contributed by atoms with Crippen molar-refractivity contribution in [2.75, 3.05) is 12.4 Å². The molecule has 1 saturated heterocycles. The maximum absolute atomic E-state index is 12.5. The van der Waals surface area contributed by atoms with Crippen molar-refractivity contribution >= 4 is 51.7 Å². The van der Waals surface area contributed by atoms with Gasteiger partial charge in [0.15, 0.2) is 5.17 Å². The van der Waals surface area contributed by atoms with Gasteiger partial charge in [0.1, 0.15) is 5.25 Å². The van der Waals surface area contributed by atoms with E-state index in [9.17, 15) is 9.59 Å². The summed E-state index contributed by atoms with van der Waals surface area (Å²) in [6.45, 7) is 0. The molecule has 1 heterocycles. The topological polar surface area (TPSA) is 61.8 Å². The molecule has 1 N–H and O–H groups in total. The number of thioether (sulfide) groups is 1. The molecule has 128 valence electrons. The molecule has 2 aromatic rings. The van der Waals surface area contributed by atoms with Gasteiger partial charge >= 0.3 is 0 Å². The number of nitrogens with zero attached hydrogens (tertiary/aromatic N) is 2. The number of nitrogens with one attached hydrogen (secondary N) is 1. The third-order valence-corrected chi connectivity index (χ3v) is 5.15. The Kier molecular flexibility index (Phi) is 5.40. The fraction of sp³-hybridized carbons (Fsp3) is 0.167. The number of carbonyl (C=O) groups is 2. The molecule has 7 heteroatoms. The number of hydrogen-bond acceptors (Lipinski definition) is 4. The predicted molar refractivity (Wildman–Crippen MR) is 102 cm³/mol. The SMILES string of the molecule is CN1C(=O)CC(C(=O)Nc2ccc(Cl)cc2)SC1=Nc1ccccc1. The summed E-state index contributed by atoms with van der Waals surface area (Å²) in [6, 6.07) is 16.2. The minimum absolute atomic E-state index is 0.133. The van der Waals surface area contributed by atoms with Gasteiger partial charge in [-0.05, 0) is 36.4 Å². The van der Waals surface area contributed by atoms with Gasteiger partial charge in [0, 0.05) is 24.2 Å². The standard InChI is InChI=1S/C18H16ClN3O2S/c1-22-16(23)11-15(17(24)20-14-9-7-12(19)8-10-14)25-18(22)21-13-5-3-2-4-6-13/h2-10,15H,11H2,1H3,(H,20,24). The lowest BCUT2D eigenvalue weighted by molar-refractivity contribution is -0.128. The largest absolute Gasteiger partial charge is 0.325 e. The Balaban J connectivity index is 1.76. The molecule has 0 radical (unpaired) electrons. The lowest BCUT2D eigenvalue weighted by Gasteiger charge is -2.28. The molecule has 1 aliphatic rings. The van der Waals surface area contributed by atoms with Crippen molar-refractivity contribution in [1.82, 2.24) is 4.90 Å². The molecule has 2 amide bonds. The Bertz CT molecular complexity index is 809. The molecular formula is C18H16ClN3O2S. The van der Waals surface area contributed by atoms with Crippen LogP contribution in [-0.4, -0.2) is 34.2 Å². The number of anilines is 1. The highest BCUT2D eigenvalue weighted by atomic mass is 35.5. The summed E-state index contributed by atoms with van der Waals surface area (Å²) >= 11 is 7.13. The van der Waals surface area contributed by atoms with E-state index in [1.807, 2.05) is 30.3 Å². The molecular weight excluding hydrogens is 358 g/mol. The van der Waals surface area contributed by atoms with Gasteiger partial charge in [0.05, 0.1) is 5.69 Å². The molecule has 0 aliphatic carbocycles. The van der Waals surface area contributed by atoms with Crippen molar-refractivity contribution < 1.29 is 9.59 Å². The second kappa shape index (κ2) is 7.72. The second-order valence-corrected chi connectivity index (χ2v) is 7.10. The highest BCUT2D eigenvalue weighted by Gasteiger charge is 2.34. The van der Waals surface area contributed by atoms with Crippen molar-refractivity contribution in [3.8, 4) is 0 Å². The summed E-state index contributed by atoms with van der Waals surface area (Å²) in [5.74, 6) is -0.362. The molecule has 1 atom stereocenters. The molecule has 1 fully saturated rings. The summed E-state index contributed by atoms with van der Waals surface area (Å²) in [7, 11) is 1.67. The third-order valence-electron chi connectivity index (χ3n) is 3.65. The highest BCUT2D eigenvalue weighted by molar-refractivity contribution is 8.15. The van der Waals surface area contributed by atoms with E-state index in [0.29, 0.717) is 15.9 Å². The van der Waals surface area contributed by atoms with Crippen molar-refractivity contribution in [1.29, 1.82) is 0 Å². The van der Waals surface area contributed by atoms with Crippen LogP contribution in [0.4, 0.5) is 11.4 Å². The van der Waals surface area contributed by atoms with Gasteiger partial charge in [-0.2, -0.15) is 0 Å². The van der Waals surface area contributed by atoms with Crippen LogP contribution in [0.5, 0.6) is 0 Å². The average molecular weight is 374 g/mol. The number of aliphatic imine (C=N–C) groups is 1. The summed E-state index contributed by atoms with van der Waals surface area (Å²) < 4.78 is 0. The van der Waals surface area contributed by atoms with Gasteiger partial charge in [-0.25, -0.2) is 4.99 Å². The van der Waals surface area contributed by atoms with E-state index in [2.05, 4.69) is 10.3 Å². The zero-order chi connectivity index (χ0) is 17.8. The molecule has 0 aromatic heterocycles. The number of amidine groups is 1. The first-order valence-corrected chi connectivity index (χ1v) is 8.92. The minimum Gasteiger partial charge on any atom is -0.325 e. The smallest absolute Gasteiger partial charge is 0.238 e. The van der Waals surface area contributed by atoms with Crippen molar-refractivity contribution in [3.05, 3.63) is 59.6 Å². The van der Waals surface area contributed by atoms with Gasteiger partial charge in [0.25, 0.3) is 0 Å². The summed E-state index contributed by atoms with van der Waals surface area (Å²) in [4.78, 5) is 30.7. The number of halogens is 1. The van der Waals surface area contributed by atoms with Crippen LogP contribution in [-0.2, 0) is 9.59 Å². The van der Waals surface area contributed by atoms with Gasteiger partial charge in [-0.15, -0.1) is 0 Å². The lowest BCUT2D eigenvalue weighted by Crippen LogP contribution is -2.43. The van der Waals surface area contributed by atoms with Crippen LogP contribution in [0.25, 0.3) is 0 Å². The fourth-order valence-corrected chi connectivity index (χ4v) is 3.46. The predicted octanol–water partition coefficient (Wildman–Crippen LogP) is 3.93. The Morgan fingerprint density at radius 1 is 1.20 bits per heavy atom. The number of amides is 2. The molecule has 0 bridgehead atoms. The number of carbonyl (C=O) groups excluding carboxylic acids is 2. The lowest BCUT2D eigenvalue weighted by atomic mass is 10.2. The van der Waals surface area contributed by atoms with Crippen LogP contribution in [0.2, 0.25) is 5.02 Å². The van der Waals surface area contributed by atoms with Crippen LogP contribution in [0.1, 0.15) is 6.42 Å². The molecule has 1 unspecified atom stereocenters. The van der Waals surface area contributed by atoms with E-state index in [0.717, 1.165) is 5.69 Å². The first kappa shape index (κ1) is 17.5. The van der Waals surface area contributed by atoms with E-state index < -0.39 is 5.25 Å². The van der Waals surface area contributed by atoms with Crippen molar-refractivity contribution in [2.45, 2.75) is 11.7 Å². The van der Waals surface area contributed by atoms with Crippen LogP contribution in [0.3, 0.4) is 0 Å². The molecule has 2 aromatic carbocycles.